The second-order valence-corrected chi connectivity index (χ2v) is 3.50. The standard InChI is InChI=1S/C10H7BrFN/c1-7(4-5-13)9-3-2-8(11)6-10(9)12/h2-4,6H,1H3/b7-4-. The third kappa shape index (κ3) is 2.40. The molecule has 1 aromatic rings. The van der Waals surface area contributed by atoms with Crippen LogP contribution in [0.1, 0.15) is 12.5 Å². The lowest BCUT2D eigenvalue weighted by atomic mass is 10.1. The molecule has 0 heterocycles. The van der Waals surface area contributed by atoms with Gasteiger partial charge in [0.1, 0.15) is 5.82 Å². The van der Waals surface area contributed by atoms with Crippen LogP contribution in [0.5, 0.6) is 0 Å². The molecular formula is C10H7BrFN. The third-order valence-electron chi connectivity index (χ3n) is 1.64. The van der Waals surface area contributed by atoms with Gasteiger partial charge in [0.25, 0.3) is 0 Å². The highest BCUT2D eigenvalue weighted by Crippen LogP contribution is 2.21. The fourth-order valence-electron chi connectivity index (χ4n) is 0.984. The van der Waals surface area contributed by atoms with Crippen LogP contribution in [0.3, 0.4) is 0 Å². The highest BCUT2D eigenvalue weighted by Gasteiger charge is 2.03. The average molecular weight is 240 g/mol. The van der Waals surface area contributed by atoms with E-state index in [4.69, 9.17) is 5.26 Å². The number of nitrogens with zero attached hydrogens (tertiary/aromatic N) is 1. The molecule has 0 saturated carbocycles. The third-order valence-corrected chi connectivity index (χ3v) is 2.13. The van der Waals surface area contributed by atoms with E-state index in [2.05, 4.69) is 15.9 Å². The smallest absolute Gasteiger partial charge is 0.131 e. The number of nitriles is 1. The molecule has 0 unspecified atom stereocenters. The summed E-state index contributed by atoms with van der Waals surface area (Å²) in [5.74, 6) is -0.321. The summed E-state index contributed by atoms with van der Waals surface area (Å²) in [4.78, 5) is 0. The minimum Gasteiger partial charge on any atom is -0.206 e. The highest BCUT2D eigenvalue weighted by molar-refractivity contribution is 9.10. The molecule has 1 aromatic carbocycles. The minimum absolute atomic E-state index is 0.321. The summed E-state index contributed by atoms with van der Waals surface area (Å²) in [5.41, 5.74) is 1.09. The number of rotatable bonds is 1. The Morgan fingerprint density at radius 1 is 1.62 bits per heavy atom. The lowest BCUT2D eigenvalue weighted by Crippen LogP contribution is -1.86. The first-order valence-electron chi connectivity index (χ1n) is 3.67. The number of benzene rings is 1. The van der Waals surface area contributed by atoms with Gasteiger partial charge in [-0.15, -0.1) is 0 Å². The number of hydrogen-bond donors (Lipinski definition) is 0. The maximum atomic E-state index is 13.2. The first-order valence-corrected chi connectivity index (χ1v) is 4.46. The van der Waals surface area contributed by atoms with Crippen LogP contribution in [-0.2, 0) is 0 Å². The van der Waals surface area contributed by atoms with E-state index in [1.165, 1.54) is 12.1 Å². The summed E-state index contributed by atoms with van der Waals surface area (Å²) in [6.07, 6.45) is 1.33. The lowest BCUT2D eigenvalue weighted by molar-refractivity contribution is 0.623. The summed E-state index contributed by atoms with van der Waals surface area (Å²) < 4.78 is 13.9. The summed E-state index contributed by atoms with van der Waals surface area (Å²) in [6, 6.07) is 6.63. The molecule has 3 heteroatoms. The predicted molar refractivity (Wildman–Crippen MR) is 53.4 cm³/mol. The Balaban J connectivity index is 3.18. The normalized spacial score (nSPS) is 11.1. The summed E-state index contributed by atoms with van der Waals surface area (Å²) in [6.45, 7) is 1.70. The Labute approximate surface area is 84.6 Å². The van der Waals surface area contributed by atoms with Gasteiger partial charge in [0.15, 0.2) is 0 Å². The van der Waals surface area contributed by atoms with Gasteiger partial charge in [-0.2, -0.15) is 5.26 Å². The van der Waals surface area contributed by atoms with Crippen molar-refractivity contribution in [3.05, 3.63) is 40.1 Å². The Kier molecular flexibility index (Phi) is 3.21. The molecule has 13 heavy (non-hydrogen) atoms. The zero-order valence-electron chi connectivity index (χ0n) is 7.01. The van der Waals surface area contributed by atoms with E-state index in [-0.39, 0.29) is 5.82 Å². The molecule has 0 aliphatic carbocycles. The Morgan fingerprint density at radius 3 is 2.85 bits per heavy atom. The summed E-state index contributed by atoms with van der Waals surface area (Å²) in [5, 5.41) is 8.39. The van der Waals surface area contributed by atoms with Crippen LogP contribution in [0.4, 0.5) is 4.39 Å². The molecule has 0 aliphatic heterocycles. The Bertz CT molecular complexity index is 390. The van der Waals surface area contributed by atoms with Crippen LogP contribution in [0, 0.1) is 17.1 Å². The van der Waals surface area contributed by atoms with Crippen molar-refractivity contribution in [1.82, 2.24) is 0 Å². The van der Waals surface area contributed by atoms with Crippen molar-refractivity contribution < 1.29 is 4.39 Å². The van der Waals surface area contributed by atoms with Crippen molar-refractivity contribution in [2.75, 3.05) is 0 Å². The fraction of sp³-hybridized carbons (Fsp3) is 0.100. The van der Waals surface area contributed by atoms with Gasteiger partial charge in [-0.3, -0.25) is 0 Å². The maximum Gasteiger partial charge on any atom is 0.131 e. The zero-order chi connectivity index (χ0) is 9.84. The molecule has 0 N–H and O–H groups in total. The average Bonchev–Trinajstić information content (AvgIpc) is 2.04. The van der Waals surface area contributed by atoms with E-state index in [9.17, 15) is 4.39 Å². The molecule has 0 fully saturated rings. The molecule has 0 saturated heterocycles. The van der Waals surface area contributed by atoms with Crippen molar-refractivity contribution >= 4 is 21.5 Å². The fourth-order valence-corrected chi connectivity index (χ4v) is 1.32. The van der Waals surface area contributed by atoms with Crippen LogP contribution in [0.15, 0.2) is 28.7 Å². The first-order chi connectivity index (χ1) is 6.15. The lowest BCUT2D eigenvalue weighted by Gasteiger charge is -2.01. The van der Waals surface area contributed by atoms with Crippen LogP contribution in [0.25, 0.3) is 5.57 Å². The van der Waals surface area contributed by atoms with Gasteiger partial charge >= 0.3 is 0 Å². The van der Waals surface area contributed by atoms with Gasteiger partial charge in [0, 0.05) is 16.1 Å². The Morgan fingerprint density at radius 2 is 2.31 bits per heavy atom. The van der Waals surface area contributed by atoms with Crippen molar-refractivity contribution in [3.63, 3.8) is 0 Å². The van der Waals surface area contributed by atoms with E-state index < -0.39 is 0 Å². The second-order valence-electron chi connectivity index (χ2n) is 2.58. The van der Waals surface area contributed by atoms with Crippen LogP contribution in [-0.4, -0.2) is 0 Å². The molecule has 66 valence electrons. The molecule has 0 aromatic heterocycles. The molecule has 0 amide bonds. The maximum absolute atomic E-state index is 13.2. The van der Waals surface area contributed by atoms with Gasteiger partial charge in [0.2, 0.25) is 0 Å². The van der Waals surface area contributed by atoms with E-state index in [1.54, 1.807) is 19.1 Å². The van der Waals surface area contributed by atoms with Gasteiger partial charge in [-0.25, -0.2) is 4.39 Å². The van der Waals surface area contributed by atoms with E-state index in [1.807, 2.05) is 6.07 Å². The van der Waals surface area contributed by atoms with Gasteiger partial charge in [-0.05, 0) is 24.6 Å². The predicted octanol–water partition coefficient (Wildman–Crippen LogP) is 3.52. The van der Waals surface area contributed by atoms with Crippen LogP contribution in [0.2, 0.25) is 0 Å². The number of allylic oxidation sites excluding steroid dienone is 2. The highest BCUT2D eigenvalue weighted by atomic mass is 79.9. The molecule has 0 atom stereocenters. The van der Waals surface area contributed by atoms with Crippen molar-refractivity contribution in [3.8, 4) is 6.07 Å². The number of hydrogen-bond acceptors (Lipinski definition) is 1. The topological polar surface area (TPSA) is 23.8 Å². The molecule has 0 bridgehead atoms. The van der Waals surface area contributed by atoms with Gasteiger partial charge < -0.3 is 0 Å². The zero-order valence-corrected chi connectivity index (χ0v) is 8.60. The van der Waals surface area contributed by atoms with Crippen molar-refractivity contribution in [2.45, 2.75) is 6.92 Å². The monoisotopic (exact) mass is 239 g/mol. The second kappa shape index (κ2) is 4.20. The minimum atomic E-state index is -0.321. The SMILES string of the molecule is C/C(=C/C#N)c1ccc(Br)cc1F. The number of halogens is 2. The van der Waals surface area contributed by atoms with Crippen LogP contribution < -0.4 is 0 Å². The van der Waals surface area contributed by atoms with Crippen LogP contribution >= 0.6 is 15.9 Å². The van der Waals surface area contributed by atoms with E-state index in [0.29, 0.717) is 15.6 Å². The Hall–Kier alpha value is -1.14. The molecule has 0 radical (unpaired) electrons. The van der Waals surface area contributed by atoms with E-state index in [0.717, 1.165) is 0 Å². The van der Waals surface area contributed by atoms with Crippen molar-refractivity contribution in [2.24, 2.45) is 0 Å². The van der Waals surface area contributed by atoms with Gasteiger partial charge in [-0.1, -0.05) is 22.0 Å². The first kappa shape index (κ1) is 9.94. The molecule has 1 nitrogen and oxygen atoms in total. The summed E-state index contributed by atoms with van der Waals surface area (Å²) >= 11 is 3.16. The molecular weight excluding hydrogens is 233 g/mol. The molecule has 0 spiro atoms. The molecule has 1 rings (SSSR count). The summed E-state index contributed by atoms with van der Waals surface area (Å²) in [7, 11) is 0. The van der Waals surface area contributed by atoms with Crippen molar-refractivity contribution in [1.29, 1.82) is 5.26 Å². The van der Waals surface area contributed by atoms with E-state index >= 15 is 0 Å². The largest absolute Gasteiger partial charge is 0.206 e. The quantitative estimate of drug-likeness (QED) is 0.689. The molecule has 0 aliphatic rings. The van der Waals surface area contributed by atoms with Gasteiger partial charge in [0.05, 0.1) is 6.07 Å².